The van der Waals surface area contributed by atoms with Crippen LogP contribution in [0.15, 0.2) is 4.99 Å². The molecule has 19 heavy (non-hydrogen) atoms. The lowest BCUT2D eigenvalue weighted by atomic mass is 9.53. The zero-order valence-corrected chi connectivity index (χ0v) is 12.4. The number of thioether (sulfide) groups is 1. The normalized spacial score (nSPS) is 51.6. The molecule has 2 nitrogen and oxygen atoms in total. The van der Waals surface area contributed by atoms with Gasteiger partial charge in [-0.3, -0.25) is 0 Å². The maximum atomic E-state index is 6.24. The summed E-state index contributed by atoms with van der Waals surface area (Å²) in [4.78, 5) is 5.20. The van der Waals surface area contributed by atoms with E-state index in [1.54, 1.807) is 0 Å². The Balaban J connectivity index is 1.41. The van der Waals surface area contributed by atoms with E-state index in [4.69, 9.17) is 9.73 Å². The fourth-order valence-corrected chi connectivity index (χ4v) is 6.93. The van der Waals surface area contributed by atoms with Gasteiger partial charge in [-0.2, -0.15) is 0 Å². The molecule has 1 aliphatic heterocycles. The quantitative estimate of drug-likeness (QED) is 0.722. The molecule has 104 valence electrons. The molecule has 0 radical (unpaired) electrons. The minimum absolute atomic E-state index is 0.214. The fraction of sp³-hybridized carbons (Fsp3) is 0.938. The first kappa shape index (κ1) is 11.5. The van der Waals surface area contributed by atoms with Gasteiger partial charge in [-0.15, -0.1) is 0 Å². The van der Waals surface area contributed by atoms with E-state index in [0.717, 1.165) is 28.7 Å². The second-order valence-corrected chi connectivity index (χ2v) is 8.87. The molecule has 4 bridgehead atoms. The Bertz CT molecular complexity index is 405. The van der Waals surface area contributed by atoms with Gasteiger partial charge in [0, 0.05) is 5.75 Å². The van der Waals surface area contributed by atoms with Gasteiger partial charge < -0.3 is 4.74 Å². The van der Waals surface area contributed by atoms with Crippen LogP contribution in [0, 0.1) is 17.8 Å². The molecule has 0 atom stereocenters. The van der Waals surface area contributed by atoms with E-state index in [2.05, 4.69) is 0 Å². The predicted octanol–water partition coefficient (Wildman–Crippen LogP) is 4.00. The molecule has 6 aliphatic rings. The van der Waals surface area contributed by atoms with Crippen molar-refractivity contribution in [1.82, 2.24) is 0 Å². The Morgan fingerprint density at radius 1 is 1.00 bits per heavy atom. The Hall–Kier alpha value is -0.180. The summed E-state index contributed by atoms with van der Waals surface area (Å²) in [5.74, 6) is 4.12. The van der Waals surface area contributed by atoms with Gasteiger partial charge in [0.05, 0.1) is 5.54 Å². The minimum atomic E-state index is 0.214. The zero-order valence-electron chi connectivity index (χ0n) is 11.6. The third kappa shape index (κ3) is 1.73. The lowest BCUT2D eigenvalue weighted by Gasteiger charge is -2.54. The van der Waals surface area contributed by atoms with Gasteiger partial charge in [0.2, 0.25) is 5.23 Å². The molecule has 0 aromatic rings. The molecule has 5 aliphatic carbocycles. The highest BCUT2D eigenvalue weighted by Gasteiger charge is 2.52. The van der Waals surface area contributed by atoms with E-state index in [-0.39, 0.29) is 5.60 Å². The summed E-state index contributed by atoms with van der Waals surface area (Å²) in [6.07, 6.45) is 12.5. The Morgan fingerprint density at radius 3 is 2.11 bits per heavy atom. The number of hydrogen-bond donors (Lipinski definition) is 0. The van der Waals surface area contributed by atoms with Gasteiger partial charge in [-0.1, -0.05) is 11.8 Å². The van der Waals surface area contributed by atoms with Gasteiger partial charge in [0.25, 0.3) is 0 Å². The molecule has 0 aromatic heterocycles. The summed E-state index contributed by atoms with van der Waals surface area (Å²) in [6.45, 7) is 0. The monoisotopic (exact) mass is 277 g/mol. The fourth-order valence-electron chi connectivity index (χ4n) is 5.71. The van der Waals surface area contributed by atoms with Gasteiger partial charge in [-0.05, 0) is 75.5 Å². The first-order chi connectivity index (χ1) is 9.23. The summed E-state index contributed by atoms with van der Waals surface area (Å²) in [5.41, 5.74) is 0.512. The topological polar surface area (TPSA) is 21.6 Å². The van der Waals surface area contributed by atoms with Gasteiger partial charge in [0.1, 0.15) is 5.60 Å². The summed E-state index contributed by atoms with van der Waals surface area (Å²) >= 11 is 1.90. The van der Waals surface area contributed by atoms with Gasteiger partial charge >= 0.3 is 0 Å². The number of aliphatic imine (C=N–C) groups is 1. The molecule has 3 heteroatoms. The van der Waals surface area contributed by atoms with E-state index in [1.807, 2.05) is 11.8 Å². The molecule has 6 fully saturated rings. The number of ether oxygens (including phenoxy) is 1. The molecule has 1 heterocycles. The minimum Gasteiger partial charge on any atom is -0.466 e. The van der Waals surface area contributed by atoms with Crippen LogP contribution < -0.4 is 0 Å². The van der Waals surface area contributed by atoms with Crippen molar-refractivity contribution in [3.8, 4) is 0 Å². The van der Waals surface area contributed by atoms with E-state index in [9.17, 15) is 0 Å². The molecule has 0 N–H and O–H groups in total. The highest BCUT2D eigenvalue weighted by molar-refractivity contribution is 8.13. The lowest BCUT2D eigenvalue weighted by Crippen LogP contribution is -2.49. The first-order valence-corrected chi connectivity index (χ1v) is 9.13. The van der Waals surface area contributed by atoms with Crippen molar-refractivity contribution < 1.29 is 4.74 Å². The average Bonchev–Trinajstić information content (AvgIpc) is 2.70. The van der Waals surface area contributed by atoms with E-state index in [0.29, 0.717) is 5.54 Å². The Morgan fingerprint density at radius 2 is 1.63 bits per heavy atom. The van der Waals surface area contributed by atoms with Crippen molar-refractivity contribution in [3.05, 3.63) is 0 Å². The highest BCUT2D eigenvalue weighted by atomic mass is 32.2. The molecular formula is C16H23NOS. The van der Waals surface area contributed by atoms with Crippen molar-refractivity contribution in [1.29, 1.82) is 0 Å². The highest BCUT2D eigenvalue weighted by Crippen LogP contribution is 2.58. The van der Waals surface area contributed by atoms with E-state index >= 15 is 0 Å². The maximum Gasteiger partial charge on any atom is 0.247 e. The molecule has 1 spiro atoms. The molecule has 0 aromatic carbocycles. The molecule has 6 rings (SSSR count). The van der Waals surface area contributed by atoms with Crippen LogP contribution in [0.1, 0.15) is 57.8 Å². The third-order valence-corrected chi connectivity index (χ3v) is 7.45. The van der Waals surface area contributed by atoms with Crippen molar-refractivity contribution in [2.24, 2.45) is 22.7 Å². The molecule has 0 unspecified atom stereocenters. The van der Waals surface area contributed by atoms with Crippen LogP contribution in [0.5, 0.6) is 0 Å². The van der Waals surface area contributed by atoms with Crippen LogP contribution in [0.2, 0.25) is 0 Å². The molecule has 1 saturated heterocycles. The van der Waals surface area contributed by atoms with Crippen LogP contribution in [0.25, 0.3) is 0 Å². The zero-order chi connectivity index (χ0) is 12.5. The maximum absolute atomic E-state index is 6.24. The average molecular weight is 277 g/mol. The number of rotatable bonds is 1. The van der Waals surface area contributed by atoms with Crippen LogP contribution in [-0.2, 0) is 4.74 Å². The Labute approximate surface area is 119 Å². The number of hydrogen-bond acceptors (Lipinski definition) is 3. The van der Waals surface area contributed by atoms with E-state index in [1.165, 1.54) is 57.8 Å². The second kappa shape index (κ2) is 3.72. The molecule has 0 amide bonds. The predicted molar refractivity (Wildman–Crippen MR) is 78.5 cm³/mol. The molecular weight excluding hydrogens is 254 g/mol. The first-order valence-electron chi connectivity index (χ1n) is 8.14. The summed E-state index contributed by atoms with van der Waals surface area (Å²) in [5, 5.41) is 1.06. The van der Waals surface area contributed by atoms with E-state index < -0.39 is 0 Å². The lowest BCUT2D eigenvalue weighted by molar-refractivity contribution is -0.00657. The summed E-state index contributed by atoms with van der Waals surface area (Å²) in [6, 6.07) is 0. The SMILES string of the molecule is C1CC2(C1)CSC(=NC13CC4CC(CC(C4)C1)C3)O2. The number of nitrogens with zero attached hydrogens (tertiary/aromatic N) is 1. The Kier molecular flexibility index (Phi) is 2.25. The summed E-state index contributed by atoms with van der Waals surface area (Å²) < 4.78 is 6.24. The van der Waals surface area contributed by atoms with Crippen molar-refractivity contribution >= 4 is 17.0 Å². The van der Waals surface area contributed by atoms with Gasteiger partial charge in [0.15, 0.2) is 0 Å². The largest absolute Gasteiger partial charge is 0.466 e. The van der Waals surface area contributed by atoms with Gasteiger partial charge in [-0.25, -0.2) is 4.99 Å². The smallest absolute Gasteiger partial charge is 0.247 e. The van der Waals surface area contributed by atoms with Crippen LogP contribution >= 0.6 is 11.8 Å². The van der Waals surface area contributed by atoms with Crippen LogP contribution in [0.3, 0.4) is 0 Å². The van der Waals surface area contributed by atoms with Crippen molar-refractivity contribution in [2.75, 3.05) is 5.75 Å². The third-order valence-electron chi connectivity index (χ3n) is 6.36. The van der Waals surface area contributed by atoms with Crippen molar-refractivity contribution in [3.63, 3.8) is 0 Å². The second-order valence-electron chi connectivity index (χ2n) is 7.95. The summed E-state index contributed by atoms with van der Waals surface area (Å²) in [7, 11) is 0. The standard InChI is InChI=1S/C16H23NOS/c1-2-16(3-1)10-19-14(18-16)17-15-7-11-4-12(8-15)6-13(5-11)9-15/h11-13H,1-10H2. The van der Waals surface area contributed by atoms with Crippen LogP contribution in [-0.4, -0.2) is 22.1 Å². The van der Waals surface area contributed by atoms with Crippen LogP contribution in [0.4, 0.5) is 0 Å². The molecule has 5 saturated carbocycles. The van der Waals surface area contributed by atoms with Crippen molar-refractivity contribution in [2.45, 2.75) is 68.9 Å².